The smallest absolute Gasteiger partial charge is 0.306 e. The second kappa shape index (κ2) is 50.0. The summed E-state index contributed by atoms with van der Waals surface area (Å²) in [5.74, 6) is -0.942. The molecule has 0 amide bonds. The van der Waals surface area contributed by atoms with Crippen LogP contribution in [-0.4, -0.2) is 37.2 Å². The predicted molar refractivity (Wildman–Crippen MR) is 265 cm³/mol. The van der Waals surface area contributed by atoms with Crippen molar-refractivity contribution < 1.29 is 28.6 Å². The van der Waals surface area contributed by atoms with E-state index in [9.17, 15) is 14.4 Å². The molecule has 0 radical (unpaired) electrons. The van der Waals surface area contributed by atoms with Crippen LogP contribution in [0.5, 0.6) is 0 Å². The Morgan fingerprint density at radius 1 is 0.355 bits per heavy atom. The minimum absolute atomic E-state index is 0.0949. The highest BCUT2D eigenvalue weighted by molar-refractivity contribution is 5.71. The minimum Gasteiger partial charge on any atom is -0.462 e. The first-order chi connectivity index (χ1) is 30.5. The lowest BCUT2D eigenvalue weighted by molar-refractivity contribution is -0.167. The van der Waals surface area contributed by atoms with Crippen molar-refractivity contribution in [2.75, 3.05) is 13.2 Å². The standard InChI is InChI=1S/C56H92O6/c1-4-7-10-13-16-19-22-24-26-27-28-29-31-32-34-37-40-43-46-49-55(58)61-52-53(51-60-54(57)48-45-42-39-36-21-18-15-12-9-6-3)62-56(59)50-47-44-41-38-35-33-30-25-23-20-17-14-11-8-5-2/h7-8,10-11,14-20,23-26,30,53H,4-6,9,12-13,21-22,27-29,31-52H2,1-3H3/b10-7-,11-8-,17-14-,18-15-,19-16-,23-20-,26-24-,30-25-. The van der Waals surface area contributed by atoms with Gasteiger partial charge in [0.2, 0.25) is 0 Å². The summed E-state index contributed by atoms with van der Waals surface area (Å²) >= 11 is 0. The summed E-state index contributed by atoms with van der Waals surface area (Å²) < 4.78 is 16.7. The third kappa shape index (κ3) is 47.4. The molecule has 0 aliphatic carbocycles. The number of ether oxygens (including phenoxy) is 3. The van der Waals surface area contributed by atoms with Crippen molar-refractivity contribution in [2.24, 2.45) is 0 Å². The molecule has 0 aliphatic rings. The van der Waals surface area contributed by atoms with E-state index in [4.69, 9.17) is 14.2 Å². The van der Waals surface area contributed by atoms with Gasteiger partial charge in [0.15, 0.2) is 6.10 Å². The summed E-state index contributed by atoms with van der Waals surface area (Å²) in [4.78, 5) is 37.9. The van der Waals surface area contributed by atoms with Crippen LogP contribution < -0.4 is 0 Å². The summed E-state index contributed by atoms with van der Waals surface area (Å²) in [7, 11) is 0. The number of esters is 3. The van der Waals surface area contributed by atoms with Gasteiger partial charge in [-0.2, -0.15) is 0 Å². The first-order valence-corrected chi connectivity index (χ1v) is 25.3. The van der Waals surface area contributed by atoms with Crippen LogP contribution in [0.3, 0.4) is 0 Å². The maximum Gasteiger partial charge on any atom is 0.306 e. The zero-order chi connectivity index (χ0) is 45.1. The lowest BCUT2D eigenvalue weighted by Gasteiger charge is -2.18. The molecule has 352 valence electrons. The Balaban J connectivity index is 4.39. The molecule has 0 bridgehead atoms. The zero-order valence-corrected chi connectivity index (χ0v) is 40.1. The molecule has 0 rings (SSSR count). The van der Waals surface area contributed by atoms with Crippen molar-refractivity contribution in [1.29, 1.82) is 0 Å². The van der Waals surface area contributed by atoms with E-state index in [1.54, 1.807) is 0 Å². The summed E-state index contributed by atoms with van der Waals surface area (Å²) in [6.45, 7) is 6.30. The van der Waals surface area contributed by atoms with E-state index in [1.165, 1.54) is 57.8 Å². The number of rotatable bonds is 44. The third-order valence-electron chi connectivity index (χ3n) is 10.4. The van der Waals surface area contributed by atoms with Crippen molar-refractivity contribution >= 4 is 17.9 Å². The molecule has 0 aromatic heterocycles. The minimum atomic E-state index is -0.796. The normalized spacial score (nSPS) is 12.9. The molecular weight excluding hydrogens is 769 g/mol. The Bertz CT molecular complexity index is 1260. The molecule has 0 spiro atoms. The van der Waals surface area contributed by atoms with E-state index < -0.39 is 6.10 Å². The van der Waals surface area contributed by atoms with Gasteiger partial charge >= 0.3 is 17.9 Å². The molecule has 62 heavy (non-hydrogen) atoms. The number of carbonyl (C=O) groups is 3. The van der Waals surface area contributed by atoms with E-state index >= 15 is 0 Å². The van der Waals surface area contributed by atoms with Crippen LogP contribution in [0.1, 0.15) is 220 Å². The van der Waals surface area contributed by atoms with Crippen LogP contribution in [0.25, 0.3) is 0 Å². The Kier molecular flexibility index (Phi) is 47.0. The number of allylic oxidation sites excluding steroid dienone is 16. The molecular formula is C56H92O6. The van der Waals surface area contributed by atoms with E-state index in [0.717, 1.165) is 122 Å². The molecule has 6 heteroatoms. The highest BCUT2D eigenvalue weighted by Crippen LogP contribution is 2.14. The molecule has 0 N–H and O–H groups in total. The van der Waals surface area contributed by atoms with Gasteiger partial charge < -0.3 is 14.2 Å². The average Bonchev–Trinajstić information content (AvgIpc) is 3.27. The maximum absolute atomic E-state index is 12.8. The largest absolute Gasteiger partial charge is 0.462 e. The Hall–Kier alpha value is -3.67. The Morgan fingerprint density at radius 2 is 0.710 bits per heavy atom. The molecule has 1 atom stereocenters. The van der Waals surface area contributed by atoms with E-state index in [1.807, 2.05) is 24.3 Å². The van der Waals surface area contributed by atoms with Crippen molar-refractivity contribution in [3.8, 4) is 0 Å². The van der Waals surface area contributed by atoms with Crippen LogP contribution in [0, 0.1) is 0 Å². The van der Waals surface area contributed by atoms with E-state index in [-0.39, 0.29) is 31.1 Å². The van der Waals surface area contributed by atoms with Crippen LogP contribution in [0.15, 0.2) is 97.2 Å². The van der Waals surface area contributed by atoms with Crippen molar-refractivity contribution in [3.05, 3.63) is 97.2 Å². The van der Waals surface area contributed by atoms with Crippen LogP contribution in [0.4, 0.5) is 0 Å². The van der Waals surface area contributed by atoms with Crippen LogP contribution in [-0.2, 0) is 28.6 Å². The first kappa shape index (κ1) is 58.3. The number of hydrogen-bond donors (Lipinski definition) is 0. The Labute approximate surface area is 381 Å². The van der Waals surface area contributed by atoms with Gasteiger partial charge in [0.25, 0.3) is 0 Å². The fourth-order valence-electron chi connectivity index (χ4n) is 6.62. The first-order valence-electron chi connectivity index (χ1n) is 25.3. The number of hydrogen-bond acceptors (Lipinski definition) is 6. The summed E-state index contributed by atoms with van der Waals surface area (Å²) in [6, 6.07) is 0. The highest BCUT2D eigenvalue weighted by atomic mass is 16.6. The second-order valence-corrected chi connectivity index (χ2v) is 16.4. The van der Waals surface area contributed by atoms with Gasteiger partial charge in [0.05, 0.1) is 0 Å². The molecule has 0 aliphatic heterocycles. The summed E-state index contributed by atoms with van der Waals surface area (Å²) in [5.41, 5.74) is 0. The van der Waals surface area contributed by atoms with Crippen LogP contribution in [0.2, 0.25) is 0 Å². The highest BCUT2D eigenvalue weighted by Gasteiger charge is 2.19. The van der Waals surface area contributed by atoms with Gasteiger partial charge in [-0.3, -0.25) is 14.4 Å². The SMILES string of the molecule is CC\C=C/C=C\C=C/C=C\CCCCCCCC(=O)OC(COC(=O)CCCCCC/C=C\CCCC)COC(=O)CCCCCCCCCCC/C=C\C/C=C\C/C=C\CC. The molecule has 6 nitrogen and oxygen atoms in total. The van der Waals surface area contributed by atoms with Crippen LogP contribution >= 0.6 is 0 Å². The van der Waals surface area contributed by atoms with Gasteiger partial charge in [-0.15, -0.1) is 0 Å². The van der Waals surface area contributed by atoms with Gasteiger partial charge in [-0.05, 0) is 89.9 Å². The summed E-state index contributed by atoms with van der Waals surface area (Å²) in [6.07, 6.45) is 65.3. The topological polar surface area (TPSA) is 78.9 Å². The zero-order valence-electron chi connectivity index (χ0n) is 40.1. The van der Waals surface area contributed by atoms with Crippen molar-refractivity contribution in [1.82, 2.24) is 0 Å². The number of carbonyl (C=O) groups excluding carboxylic acids is 3. The van der Waals surface area contributed by atoms with Gasteiger partial charge in [-0.1, -0.05) is 208 Å². The molecule has 0 aromatic carbocycles. The number of unbranched alkanes of at least 4 members (excludes halogenated alkanes) is 20. The quantitative estimate of drug-likeness (QED) is 0.0200. The average molecular weight is 861 g/mol. The van der Waals surface area contributed by atoms with Gasteiger partial charge in [0.1, 0.15) is 13.2 Å². The maximum atomic E-state index is 12.8. The third-order valence-corrected chi connectivity index (χ3v) is 10.4. The van der Waals surface area contributed by atoms with E-state index in [2.05, 4.69) is 93.7 Å². The molecule has 0 saturated carbocycles. The predicted octanol–water partition coefficient (Wildman–Crippen LogP) is 16.6. The van der Waals surface area contributed by atoms with Crippen molar-refractivity contribution in [2.45, 2.75) is 226 Å². The molecule has 0 aromatic rings. The molecule has 0 heterocycles. The fraction of sp³-hybridized carbons (Fsp3) is 0.661. The fourth-order valence-corrected chi connectivity index (χ4v) is 6.62. The molecule has 0 saturated heterocycles. The lowest BCUT2D eigenvalue weighted by atomic mass is 10.1. The molecule has 0 fully saturated rings. The van der Waals surface area contributed by atoms with Crippen molar-refractivity contribution in [3.63, 3.8) is 0 Å². The lowest BCUT2D eigenvalue weighted by Crippen LogP contribution is -2.30. The Morgan fingerprint density at radius 3 is 1.19 bits per heavy atom. The second-order valence-electron chi connectivity index (χ2n) is 16.4. The van der Waals surface area contributed by atoms with Gasteiger partial charge in [0, 0.05) is 19.3 Å². The van der Waals surface area contributed by atoms with Gasteiger partial charge in [-0.25, -0.2) is 0 Å². The monoisotopic (exact) mass is 861 g/mol. The van der Waals surface area contributed by atoms with E-state index in [0.29, 0.717) is 19.3 Å². The summed E-state index contributed by atoms with van der Waals surface area (Å²) in [5, 5.41) is 0. The molecule has 1 unspecified atom stereocenters.